The molecule has 0 saturated carbocycles. The minimum atomic E-state index is 0.532. The van der Waals surface area contributed by atoms with Gasteiger partial charge in [0.1, 0.15) is 0 Å². The van der Waals surface area contributed by atoms with E-state index in [1.54, 1.807) is 0 Å². The molecule has 3 aromatic rings. The van der Waals surface area contributed by atoms with Crippen LogP contribution >= 0.6 is 36.0 Å². The molecule has 0 saturated heterocycles. The van der Waals surface area contributed by atoms with E-state index in [2.05, 4.69) is 45.5 Å². The van der Waals surface area contributed by atoms with Crippen LogP contribution in [0.1, 0.15) is 11.1 Å². The van der Waals surface area contributed by atoms with E-state index in [4.69, 9.17) is 36.0 Å². The van der Waals surface area contributed by atoms with Crippen molar-refractivity contribution < 1.29 is 0 Å². The van der Waals surface area contributed by atoms with Crippen molar-refractivity contribution in [1.82, 2.24) is 10.6 Å². The second kappa shape index (κ2) is 12.2. The van der Waals surface area contributed by atoms with Crippen LogP contribution in [0.3, 0.4) is 0 Å². The maximum absolute atomic E-state index is 6.19. The van der Waals surface area contributed by atoms with Crippen LogP contribution < -0.4 is 21.3 Å². The molecular formula is C24H25ClN4S2. The van der Waals surface area contributed by atoms with Gasteiger partial charge >= 0.3 is 0 Å². The molecule has 0 aliphatic rings. The SMILES string of the molecule is S=C(NCCc1ccccc1)Nc1ccc(Cl)cc1NC(=S)NCCc1ccccc1. The molecular weight excluding hydrogens is 444 g/mol. The highest BCUT2D eigenvalue weighted by Gasteiger charge is 2.07. The largest absolute Gasteiger partial charge is 0.362 e. The van der Waals surface area contributed by atoms with E-state index < -0.39 is 0 Å². The fraction of sp³-hybridized carbons (Fsp3) is 0.167. The highest BCUT2D eigenvalue weighted by molar-refractivity contribution is 7.80. The van der Waals surface area contributed by atoms with Crippen LogP contribution in [-0.4, -0.2) is 23.3 Å². The average molecular weight is 469 g/mol. The van der Waals surface area contributed by atoms with Gasteiger partial charge in [-0.3, -0.25) is 0 Å². The second-order valence-corrected chi connectivity index (χ2v) is 8.18. The third kappa shape index (κ3) is 8.17. The highest BCUT2D eigenvalue weighted by atomic mass is 35.5. The molecule has 0 fully saturated rings. The van der Waals surface area contributed by atoms with Crippen molar-refractivity contribution in [2.24, 2.45) is 0 Å². The summed E-state index contributed by atoms with van der Waals surface area (Å²) in [5.74, 6) is 0. The lowest BCUT2D eigenvalue weighted by atomic mass is 10.1. The van der Waals surface area contributed by atoms with Gasteiger partial charge in [0, 0.05) is 18.1 Å². The van der Waals surface area contributed by atoms with Crippen molar-refractivity contribution in [3.8, 4) is 0 Å². The molecule has 4 nitrogen and oxygen atoms in total. The number of hydrogen-bond acceptors (Lipinski definition) is 2. The lowest BCUT2D eigenvalue weighted by Gasteiger charge is -2.17. The summed E-state index contributed by atoms with van der Waals surface area (Å²) in [5.41, 5.74) is 4.08. The monoisotopic (exact) mass is 468 g/mol. The second-order valence-electron chi connectivity index (χ2n) is 6.92. The normalized spacial score (nSPS) is 10.2. The topological polar surface area (TPSA) is 48.1 Å². The smallest absolute Gasteiger partial charge is 0.170 e. The molecule has 0 aliphatic carbocycles. The molecule has 3 rings (SSSR count). The van der Waals surface area contributed by atoms with Crippen LogP contribution in [0.5, 0.6) is 0 Å². The lowest BCUT2D eigenvalue weighted by molar-refractivity contribution is 0.872. The van der Waals surface area contributed by atoms with Crippen LogP contribution in [0.25, 0.3) is 0 Å². The molecule has 0 atom stereocenters. The molecule has 0 spiro atoms. The molecule has 0 bridgehead atoms. The van der Waals surface area contributed by atoms with E-state index in [1.807, 2.05) is 54.6 Å². The zero-order valence-corrected chi connectivity index (χ0v) is 19.4. The van der Waals surface area contributed by atoms with Crippen molar-refractivity contribution in [3.63, 3.8) is 0 Å². The minimum Gasteiger partial charge on any atom is -0.362 e. The standard InChI is InChI=1S/C24H25ClN4S2/c25-20-11-12-21(28-23(30)26-15-13-18-7-3-1-4-8-18)22(17-20)29-24(31)27-16-14-19-9-5-2-6-10-19/h1-12,17H,13-16H2,(H2,26,28,30)(H2,27,29,31). The first kappa shape index (κ1) is 23.0. The van der Waals surface area contributed by atoms with E-state index in [1.165, 1.54) is 11.1 Å². The van der Waals surface area contributed by atoms with Gasteiger partial charge in [0.25, 0.3) is 0 Å². The van der Waals surface area contributed by atoms with Gasteiger partial charge in [-0.05, 0) is 66.6 Å². The Labute approximate surface area is 199 Å². The highest BCUT2D eigenvalue weighted by Crippen LogP contribution is 2.25. The molecule has 160 valence electrons. The Morgan fingerprint density at radius 3 is 1.65 bits per heavy atom. The van der Waals surface area contributed by atoms with Gasteiger partial charge in [-0.2, -0.15) is 0 Å². The molecule has 3 aromatic carbocycles. The summed E-state index contributed by atoms with van der Waals surface area (Å²) in [6, 6.07) is 26.1. The van der Waals surface area contributed by atoms with E-state index in [0.29, 0.717) is 15.2 Å². The van der Waals surface area contributed by atoms with E-state index in [-0.39, 0.29) is 0 Å². The zero-order chi connectivity index (χ0) is 21.9. The molecule has 0 amide bonds. The van der Waals surface area contributed by atoms with Crippen LogP contribution in [0, 0.1) is 0 Å². The first-order chi connectivity index (χ1) is 15.1. The van der Waals surface area contributed by atoms with Gasteiger partial charge in [0.2, 0.25) is 0 Å². The quantitative estimate of drug-likeness (QED) is 0.332. The predicted molar refractivity (Wildman–Crippen MR) is 140 cm³/mol. The van der Waals surface area contributed by atoms with Gasteiger partial charge in [-0.25, -0.2) is 0 Å². The number of halogens is 1. The summed E-state index contributed by atoms with van der Waals surface area (Å²) >= 11 is 17.1. The molecule has 0 heterocycles. The minimum absolute atomic E-state index is 0.532. The van der Waals surface area contributed by atoms with Crippen LogP contribution in [-0.2, 0) is 12.8 Å². The van der Waals surface area contributed by atoms with Crippen molar-refractivity contribution in [2.45, 2.75) is 12.8 Å². The van der Waals surface area contributed by atoms with Crippen molar-refractivity contribution >= 4 is 57.6 Å². The summed E-state index contributed by atoms with van der Waals surface area (Å²) in [4.78, 5) is 0. The molecule has 7 heteroatoms. The lowest BCUT2D eigenvalue weighted by Crippen LogP contribution is -2.32. The Kier molecular flexibility index (Phi) is 9.09. The Balaban J connectivity index is 1.49. The van der Waals surface area contributed by atoms with Crippen molar-refractivity contribution in [1.29, 1.82) is 0 Å². The first-order valence-corrected chi connectivity index (χ1v) is 11.3. The zero-order valence-electron chi connectivity index (χ0n) is 17.0. The number of benzene rings is 3. The molecule has 0 unspecified atom stereocenters. The third-order valence-electron chi connectivity index (χ3n) is 4.56. The summed E-state index contributed by atoms with van der Waals surface area (Å²) in [5, 5.41) is 14.6. The van der Waals surface area contributed by atoms with Gasteiger partial charge < -0.3 is 21.3 Å². The number of hydrogen-bond donors (Lipinski definition) is 4. The summed E-state index contributed by atoms with van der Waals surface area (Å²) in [7, 11) is 0. The predicted octanol–water partition coefficient (Wildman–Crippen LogP) is 5.40. The fourth-order valence-corrected chi connectivity index (χ4v) is 3.59. The van der Waals surface area contributed by atoms with Crippen molar-refractivity contribution in [3.05, 3.63) is 95.0 Å². The van der Waals surface area contributed by atoms with Crippen LogP contribution in [0.15, 0.2) is 78.9 Å². The number of rotatable bonds is 8. The average Bonchev–Trinajstić information content (AvgIpc) is 2.77. The van der Waals surface area contributed by atoms with Crippen LogP contribution in [0.2, 0.25) is 5.02 Å². The Morgan fingerprint density at radius 1 is 0.645 bits per heavy atom. The van der Waals surface area contributed by atoms with E-state index >= 15 is 0 Å². The summed E-state index contributed by atoms with van der Waals surface area (Å²) < 4.78 is 0. The Morgan fingerprint density at radius 2 is 1.13 bits per heavy atom. The maximum atomic E-state index is 6.19. The summed E-state index contributed by atoms with van der Waals surface area (Å²) in [6.07, 6.45) is 1.78. The van der Waals surface area contributed by atoms with E-state index in [9.17, 15) is 0 Å². The molecule has 0 aromatic heterocycles. The molecule has 0 aliphatic heterocycles. The summed E-state index contributed by atoms with van der Waals surface area (Å²) in [6.45, 7) is 1.48. The van der Waals surface area contributed by atoms with Gasteiger partial charge in [0.05, 0.1) is 11.4 Å². The maximum Gasteiger partial charge on any atom is 0.170 e. The van der Waals surface area contributed by atoms with Gasteiger partial charge in [-0.1, -0.05) is 72.3 Å². The number of anilines is 2. The van der Waals surface area contributed by atoms with E-state index in [0.717, 1.165) is 37.3 Å². The number of nitrogens with one attached hydrogen (secondary N) is 4. The first-order valence-electron chi connectivity index (χ1n) is 10.1. The van der Waals surface area contributed by atoms with Gasteiger partial charge in [-0.15, -0.1) is 0 Å². The molecule has 31 heavy (non-hydrogen) atoms. The molecule has 0 radical (unpaired) electrons. The Bertz CT molecular complexity index is 997. The fourth-order valence-electron chi connectivity index (χ4n) is 2.99. The third-order valence-corrected chi connectivity index (χ3v) is 5.29. The molecule has 4 N–H and O–H groups in total. The Hall–Kier alpha value is -2.67. The van der Waals surface area contributed by atoms with Crippen LogP contribution in [0.4, 0.5) is 11.4 Å². The number of thiocarbonyl (C=S) groups is 2. The van der Waals surface area contributed by atoms with Crippen molar-refractivity contribution in [2.75, 3.05) is 23.7 Å². The van der Waals surface area contributed by atoms with Gasteiger partial charge in [0.15, 0.2) is 10.2 Å².